The van der Waals surface area contributed by atoms with Crippen molar-refractivity contribution in [2.45, 2.75) is 119 Å². The molecule has 0 radical (unpaired) electrons. The molecule has 0 aromatic rings. The van der Waals surface area contributed by atoms with Gasteiger partial charge >= 0.3 is 17.1 Å². The van der Waals surface area contributed by atoms with Crippen molar-refractivity contribution in [1.29, 1.82) is 0 Å². The summed E-state index contributed by atoms with van der Waals surface area (Å²) in [6, 6.07) is 0. The Bertz CT molecular complexity index is 432. The molecule has 0 fully saturated rings. The van der Waals surface area contributed by atoms with E-state index in [1.54, 1.807) is 0 Å². The van der Waals surface area contributed by atoms with E-state index < -0.39 is 14.7 Å². The van der Waals surface area contributed by atoms with E-state index in [9.17, 15) is 18.9 Å². The van der Waals surface area contributed by atoms with Crippen LogP contribution in [-0.4, -0.2) is 24.6 Å². The first-order valence-electron chi connectivity index (χ1n) is 12.7. The summed E-state index contributed by atoms with van der Waals surface area (Å²) >= 11 is 0. The van der Waals surface area contributed by atoms with Gasteiger partial charge in [0.1, 0.15) is 0 Å². The molecule has 0 aliphatic heterocycles. The first kappa shape index (κ1) is 36.5. The molecule has 0 aliphatic rings. The van der Waals surface area contributed by atoms with Gasteiger partial charge in [-0.1, -0.05) is 106 Å². The van der Waals surface area contributed by atoms with Gasteiger partial charge in [-0.3, -0.25) is 0 Å². The van der Waals surface area contributed by atoms with Crippen LogP contribution in [0.5, 0.6) is 0 Å². The van der Waals surface area contributed by atoms with Crippen molar-refractivity contribution in [2.75, 3.05) is 24.6 Å². The summed E-state index contributed by atoms with van der Waals surface area (Å²) in [5.74, 6) is 0.787. The van der Waals surface area contributed by atoms with E-state index in [4.69, 9.17) is 0 Å². The molecule has 0 saturated carbocycles. The molecule has 0 aromatic carbocycles. The van der Waals surface area contributed by atoms with Crippen molar-refractivity contribution in [3.63, 3.8) is 0 Å². The molecule has 0 spiro atoms. The molecule has 0 amide bonds. The van der Waals surface area contributed by atoms with Gasteiger partial charge < -0.3 is 18.9 Å². The Balaban J connectivity index is -0.000000490. The zero-order chi connectivity index (χ0) is 23.5. The Labute approximate surface area is 205 Å². The molecular formula is C24H52FeO4P2. The Morgan fingerprint density at radius 3 is 1.10 bits per heavy atom. The molecule has 0 heterocycles. The van der Waals surface area contributed by atoms with E-state index in [1.165, 1.54) is 0 Å². The van der Waals surface area contributed by atoms with Gasteiger partial charge in [-0.25, -0.2) is 0 Å². The minimum Gasteiger partial charge on any atom is -0.799 e. The number of hydrogen-bond acceptors (Lipinski definition) is 4. The molecule has 0 aliphatic carbocycles. The van der Waals surface area contributed by atoms with Crippen LogP contribution in [0.4, 0.5) is 0 Å². The minimum absolute atomic E-state index is 0. The summed E-state index contributed by atoms with van der Waals surface area (Å²) in [5, 5.41) is 0. The van der Waals surface area contributed by atoms with E-state index in [1.807, 2.05) is 13.8 Å². The summed E-state index contributed by atoms with van der Waals surface area (Å²) in [6.45, 7) is 12.6. The smallest absolute Gasteiger partial charge is 0.799 e. The maximum Gasteiger partial charge on any atom is 2.00 e. The van der Waals surface area contributed by atoms with Crippen LogP contribution in [0.2, 0.25) is 0 Å². The van der Waals surface area contributed by atoms with Crippen LogP contribution in [0.15, 0.2) is 0 Å². The van der Waals surface area contributed by atoms with Gasteiger partial charge in [0.15, 0.2) is 0 Å². The van der Waals surface area contributed by atoms with Crippen LogP contribution in [0, 0.1) is 11.8 Å². The van der Waals surface area contributed by atoms with Crippen molar-refractivity contribution < 1.29 is 36.0 Å². The van der Waals surface area contributed by atoms with Gasteiger partial charge in [-0.2, -0.15) is 0 Å². The van der Waals surface area contributed by atoms with Crippen LogP contribution in [0.1, 0.15) is 119 Å². The molecular weight excluding hydrogens is 470 g/mol. The van der Waals surface area contributed by atoms with Crippen LogP contribution < -0.4 is 9.79 Å². The fourth-order valence-corrected chi connectivity index (χ4v) is 8.02. The van der Waals surface area contributed by atoms with Gasteiger partial charge in [0.25, 0.3) is 0 Å². The van der Waals surface area contributed by atoms with Crippen molar-refractivity contribution in [3.05, 3.63) is 0 Å². The van der Waals surface area contributed by atoms with Gasteiger partial charge in [0, 0.05) is 14.7 Å². The zero-order valence-corrected chi connectivity index (χ0v) is 24.2. The van der Waals surface area contributed by atoms with E-state index in [0.717, 1.165) is 77.0 Å². The Kier molecular flexibility index (Phi) is 26.7. The maximum atomic E-state index is 11.7. The van der Waals surface area contributed by atoms with Gasteiger partial charge in [0.05, 0.1) is 0 Å². The van der Waals surface area contributed by atoms with E-state index in [-0.39, 0.29) is 17.1 Å². The van der Waals surface area contributed by atoms with Crippen LogP contribution >= 0.6 is 14.7 Å². The largest absolute Gasteiger partial charge is 2.00 e. The monoisotopic (exact) mass is 522 g/mol. The fourth-order valence-electron chi connectivity index (χ4n) is 3.60. The molecule has 4 unspecified atom stereocenters. The van der Waals surface area contributed by atoms with E-state index in [2.05, 4.69) is 27.7 Å². The predicted molar refractivity (Wildman–Crippen MR) is 131 cm³/mol. The molecule has 0 rings (SSSR count). The third kappa shape index (κ3) is 23.8. The van der Waals surface area contributed by atoms with Crippen LogP contribution in [0.25, 0.3) is 0 Å². The third-order valence-corrected chi connectivity index (χ3v) is 10.0. The normalized spacial score (nSPS) is 16.8. The second kappa shape index (κ2) is 22.7. The first-order valence-corrected chi connectivity index (χ1v) is 16.7. The number of rotatable bonds is 18. The number of hydrogen-bond donors (Lipinski definition) is 0. The van der Waals surface area contributed by atoms with E-state index >= 15 is 0 Å². The van der Waals surface area contributed by atoms with E-state index in [0.29, 0.717) is 36.5 Å². The predicted octanol–water partition coefficient (Wildman–Crippen LogP) is 7.28. The zero-order valence-electron chi connectivity index (χ0n) is 21.3. The van der Waals surface area contributed by atoms with Gasteiger partial charge in [0.2, 0.25) is 0 Å². The third-order valence-electron chi connectivity index (χ3n) is 5.86. The van der Waals surface area contributed by atoms with Crippen molar-refractivity contribution >= 4 is 14.7 Å². The molecule has 7 heteroatoms. The average Bonchev–Trinajstić information content (AvgIpc) is 2.71. The number of unbranched alkanes of at least 4 members (excludes halogenated alkanes) is 4. The SMILES string of the molecule is CCCCC(CC)CP(=O)([O-])CCCC.CCCCC(CC)CP(=O)([O-])CCCC.[Fe+2]. The average molecular weight is 522 g/mol. The fraction of sp³-hybridized carbons (Fsp3) is 1.00. The van der Waals surface area contributed by atoms with Crippen molar-refractivity contribution in [1.82, 2.24) is 0 Å². The summed E-state index contributed by atoms with van der Waals surface area (Å²) in [4.78, 5) is 23.5. The summed E-state index contributed by atoms with van der Waals surface area (Å²) in [7, 11) is -6.14. The molecule has 0 aromatic heterocycles. The van der Waals surface area contributed by atoms with Gasteiger partial charge in [-0.15, -0.1) is 0 Å². The van der Waals surface area contributed by atoms with Gasteiger partial charge in [-0.05, 0) is 49.3 Å². The second-order valence-corrected chi connectivity index (χ2v) is 13.9. The summed E-state index contributed by atoms with van der Waals surface area (Å²) < 4.78 is 23.5. The molecule has 0 N–H and O–H groups in total. The summed E-state index contributed by atoms with van der Waals surface area (Å²) in [6.07, 6.45) is 14.1. The Morgan fingerprint density at radius 1 is 0.581 bits per heavy atom. The molecule has 0 saturated heterocycles. The summed E-state index contributed by atoms with van der Waals surface area (Å²) in [5.41, 5.74) is 0. The second-order valence-electron chi connectivity index (χ2n) is 8.98. The standard InChI is InChI=1S/2C12H27O2P.Fe/c2*1-4-7-9-12(6-3)11-15(13,14)10-8-5-2;/h2*12H,4-11H2,1-3H3,(H,13,14);/q;;+2/p-2. The molecule has 4 nitrogen and oxygen atoms in total. The minimum atomic E-state index is -3.07. The topological polar surface area (TPSA) is 80.3 Å². The van der Waals surface area contributed by atoms with Crippen molar-refractivity contribution in [3.8, 4) is 0 Å². The van der Waals surface area contributed by atoms with Crippen molar-refractivity contribution in [2.24, 2.45) is 11.8 Å². The quantitative estimate of drug-likeness (QED) is 0.140. The van der Waals surface area contributed by atoms with Crippen LogP contribution in [0.3, 0.4) is 0 Å². The Morgan fingerprint density at radius 2 is 0.871 bits per heavy atom. The molecule has 190 valence electrons. The molecule has 4 atom stereocenters. The molecule has 0 bridgehead atoms. The maximum absolute atomic E-state index is 11.7. The first-order chi connectivity index (χ1) is 14.1. The van der Waals surface area contributed by atoms with Crippen LogP contribution in [-0.2, 0) is 26.2 Å². The molecule has 31 heavy (non-hydrogen) atoms. The Hall–Kier alpha value is 0.899.